The molecule has 1 amide bonds. The average Bonchev–Trinajstić information content (AvgIpc) is 3.15. The number of imidazole rings is 1. The highest BCUT2D eigenvalue weighted by Crippen LogP contribution is 2.31. The highest BCUT2D eigenvalue weighted by Gasteiger charge is 2.33. The van der Waals surface area contributed by atoms with Crippen LogP contribution >= 0.6 is 0 Å². The molecular weight excluding hydrogens is 422 g/mol. The summed E-state index contributed by atoms with van der Waals surface area (Å²) >= 11 is 0. The molecule has 10 heteroatoms. The number of benzene rings is 1. The average molecular weight is 454 g/mol. The number of nitrogens with two attached hydrogens (primary N) is 1. The van der Waals surface area contributed by atoms with Crippen molar-refractivity contribution in [3.05, 3.63) is 42.5 Å². The number of nitrogens with zero attached hydrogens (tertiary/aromatic N) is 5. The Labute approximate surface area is 192 Å². The lowest BCUT2D eigenvalue weighted by atomic mass is 10.0. The molecule has 10 nitrogen and oxygen atoms in total. The molecule has 0 bridgehead atoms. The first-order chi connectivity index (χ1) is 15.9. The van der Waals surface area contributed by atoms with Crippen molar-refractivity contribution in [1.29, 1.82) is 0 Å². The molecule has 4 N–H and O–H groups in total. The summed E-state index contributed by atoms with van der Waals surface area (Å²) in [6.45, 7) is 1.39. The van der Waals surface area contributed by atoms with Crippen molar-refractivity contribution in [3.63, 3.8) is 0 Å². The Kier molecular flexibility index (Phi) is 7.05. The van der Waals surface area contributed by atoms with Gasteiger partial charge in [0.15, 0.2) is 11.5 Å². The van der Waals surface area contributed by atoms with Gasteiger partial charge < -0.3 is 30.4 Å². The zero-order chi connectivity index (χ0) is 23.4. The van der Waals surface area contributed by atoms with Gasteiger partial charge >= 0.3 is 0 Å². The van der Waals surface area contributed by atoms with Gasteiger partial charge in [-0.25, -0.2) is 15.0 Å². The van der Waals surface area contributed by atoms with E-state index in [9.17, 15) is 9.90 Å². The fraction of sp³-hybridized carbons (Fsp3) is 0.478. The maximum atomic E-state index is 12.9. The van der Waals surface area contributed by atoms with Crippen LogP contribution < -0.4 is 15.8 Å². The van der Waals surface area contributed by atoms with E-state index < -0.39 is 12.1 Å². The highest BCUT2D eigenvalue weighted by atomic mass is 16.5. The van der Waals surface area contributed by atoms with Gasteiger partial charge in [-0.3, -0.25) is 4.79 Å². The lowest BCUT2D eigenvalue weighted by Gasteiger charge is -2.29. The van der Waals surface area contributed by atoms with Crippen LogP contribution in [0.5, 0.6) is 5.75 Å². The Balaban J connectivity index is 1.45. The molecule has 33 heavy (non-hydrogen) atoms. The third kappa shape index (κ3) is 5.23. The van der Waals surface area contributed by atoms with Crippen molar-refractivity contribution in [3.8, 4) is 5.75 Å². The minimum absolute atomic E-state index is 0.221. The molecule has 1 fully saturated rings. The summed E-state index contributed by atoms with van der Waals surface area (Å²) in [6.07, 6.45) is 5.52. The zero-order valence-corrected chi connectivity index (χ0v) is 19.0. The molecule has 0 aliphatic heterocycles. The number of nitrogens with one attached hydrogen (secondary N) is 1. The van der Waals surface area contributed by atoms with Crippen LogP contribution in [0, 0.1) is 0 Å². The second-order valence-corrected chi connectivity index (χ2v) is 8.68. The number of hydrogen-bond acceptors (Lipinski definition) is 8. The van der Waals surface area contributed by atoms with Gasteiger partial charge in [-0.15, -0.1) is 0 Å². The number of aliphatic hydroxyl groups excluding tert-OH is 1. The highest BCUT2D eigenvalue weighted by molar-refractivity contribution is 5.94. The molecule has 176 valence electrons. The van der Waals surface area contributed by atoms with Crippen LogP contribution in [-0.2, 0) is 0 Å². The zero-order valence-electron chi connectivity index (χ0n) is 19.0. The van der Waals surface area contributed by atoms with Gasteiger partial charge in [0.05, 0.1) is 24.5 Å². The molecule has 3 aromatic rings. The molecule has 3 atom stereocenters. The van der Waals surface area contributed by atoms with E-state index >= 15 is 0 Å². The van der Waals surface area contributed by atoms with Crippen LogP contribution in [0.1, 0.15) is 42.1 Å². The number of rotatable bonds is 7. The summed E-state index contributed by atoms with van der Waals surface area (Å²) < 4.78 is 7.54. The quantitative estimate of drug-likeness (QED) is 0.460. The van der Waals surface area contributed by atoms with Gasteiger partial charge in [-0.1, -0.05) is 12.8 Å². The Bertz CT molecular complexity index is 1080. The first-order valence-corrected chi connectivity index (χ1v) is 11.2. The number of fused-ring (bicyclic) bond motifs is 1. The maximum absolute atomic E-state index is 12.9. The number of ether oxygens (including phenoxy) is 1. The Morgan fingerprint density at radius 3 is 2.73 bits per heavy atom. The van der Waals surface area contributed by atoms with Crippen LogP contribution in [0.3, 0.4) is 0 Å². The molecule has 1 saturated carbocycles. The third-order valence-corrected chi connectivity index (χ3v) is 6.06. The molecule has 4 rings (SSSR count). The number of amides is 1. The van der Waals surface area contributed by atoms with E-state index in [0.29, 0.717) is 35.6 Å². The number of carbonyl (C=O) groups excluding carboxylic acids is 1. The monoisotopic (exact) mass is 453 g/mol. The van der Waals surface area contributed by atoms with Gasteiger partial charge in [-0.05, 0) is 51.2 Å². The standard InChI is InChI=1S/C23H31N7O3/c1-29(2)11-12-33-16-9-7-15(8-10-16)23(32)28-17-5-3-4-6-18(20(17)31)30-14-27-19-21(24)25-13-26-22(19)30/h7-10,13-14,17-18,20,31H,3-6,11-12H2,1-2H3,(H,28,32)(H2,24,25,26)/t17-,18+,20+/m1/s1. The molecule has 1 aromatic carbocycles. The summed E-state index contributed by atoms with van der Waals surface area (Å²) in [6, 6.07) is 6.40. The van der Waals surface area contributed by atoms with Crippen molar-refractivity contribution in [1.82, 2.24) is 29.7 Å². The summed E-state index contributed by atoms with van der Waals surface area (Å²) in [7, 11) is 3.98. The molecule has 0 saturated heterocycles. The lowest BCUT2D eigenvalue weighted by molar-refractivity contribution is 0.0652. The Hall–Kier alpha value is -3.24. The SMILES string of the molecule is CN(C)CCOc1ccc(C(=O)N[C@@H]2CCCC[C@H](n3cnc4c(N)ncnc43)[C@H]2O)cc1. The minimum atomic E-state index is -0.793. The normalized spacial score (nSPS) is 21.2. The molecule has 2 heterocycles. The maximum Gasteiger partial charge on any atom is 0.251 e. The van der Waals surface area contributed by atoms with Crippen LogP contribution in [0.4, 0.5) is 5.82 Å². The Morgan fingerprint density at radius 1 is 1.21 bits per heavy atom. The van der Waals surface area contributed by atoms with E-state index in [1.165, 1.54) is 6.33 Å². The predicted octanol–water partition coefficient (Wildman–Crippen LogP) is 1.62. The fourth-order valence-corrected chi connectivity index (χ4v) is 4.20. The van der Waals surface area contributed by atoms with Crippen LogP contribution in [-0.4, -0.2) is 74.8 Å². The van der Waals surface area contributed by atoms with Gasteiger partial charge in [-0.2, -0.15) is 0 Å². The van der Waals surface area contributed by atoms with Crippen molar-refractivity contribution in [2.75, 3.05) is 33.0 Å². The number of hydrogen-bond donors (Lipinski definition) is 3. The smallest absolute Gasteiger partial charge is 0.251 e. The van der Waals surface area contributed by atoms with E-state index in [1.54, 1.807) is 30.6 Å². The summed E-state index contributed by atoms with van der Waals surface area (Å²) in [5, 5.41) is 14.3. The Morgan fingerprint density at radius 2 is 1.97 bits per heavy atom. The summed E-state index contributed by atoms with van der Waals surface area (Å²) in [5.41, 5.74) is 7.54. The number of likely N-dealkylation sites (N-methyl/N-ethyl adjacent to an activating group) is 1. The molecule has 0 spiro atoms. The summed E-state index contributed by atoms with van der Waals surface area (Å²) in [5.74, 6) is 0.804. The number of aromatic nitrogens is 4. The number of nitrogen functional groups attached to an aromatic ring is 1. The first kappa shape index (κ1) is 22.9. The second kappa shape index (κ2) is 10.1. The van der Waals surface area contributed by atoms with Crippen molar-refractivity contribution in [2.45, 2.75) is 43.9 Å². The number of aliphatic hydroxyl groups is 1. The topological polar surface area (TPSA) is 131 Å². The van der Waals surface area contributed by atoms with Gasteiger partial charge in [0.1, 0.15) is 24.2 Å². The van der Waals surface area contributed by atoms with E-state index in [2.05, 4.69) is 20.3 Å². The van der Waals surface area contributed by atoms with E-state index in [1.807, 2.05) is 23.6 Å². The number of anilines is 1. The van der Waals surface area contributed by atoms with Crippen LogP contribution in [0.2, 0.25) is 0 Å². The van der Waals surface area contributed by atoms with E-state index in [0.717, 1.165) is 31.6 Å². The molecule has 0 radical (unpaired) electrons. The van der Waals surface area contributed by atoms with Crippen molar-refractivity contribution in [2.24, 2.45) is 0 Å². The third-order valence-electron chi connectivity index (χ3n) is 6.06. The largest absolute Gasteiger partial charge is 0.492 e. The van der Waals surface area contributed by atoms with Crippen molar-refractivity contribution < 1.29 is 14.6 Å². The fourth-order valence-electron chi connectivity index (χ4n) is 4.20. The van der Waals surface area contributed by atoms with E-state index in [-0.39, 0.29) is 11.9 Å². The lowest BCUT2D eigenvalue weighted by Crippen LogP contribution is -2.46. The first-order valence-electron chi connectivity index (χ1n) is 11.2. The molecule has 2 aromatic heterocycles. The van der Waals surface area contributed by atoms with Gasteiger partial charge in [0.25, 0.3) is 5.91 Å². The molecule has 0 unspecified atom stereocenters. The molecule has 1 aliphatic rings. The van der Waals surface area contributed by atoms with Gasteiger partial charge in [0, 0.05) is 12.1 Å². The summed E-state index contributed by atoms with van der Waals surface area (Å²) in [4.78, 5) is 27.6. The number of carbonyl (C=O) groups is 1. The minimum Gasteiger partial charge on any atom is -0.492 e. The van der Waals surface area contributed by atoms with E-state index in [4.69, 9.17) is 10.5 Å². The molecular formula is C23H31N7O3. The molecule has 1 aliphatic carbocycles. The van der Waals surface area contributed by atoms with Gasteiger partial charge in [0.2, 0.25) is 0 Å². The second-order valence-electron chi connectivity index (χ2n) is 8.68. The van der Waals surface area contributed by atoms with Crippen LogP contribution in [0.15, 0.2) is 36.9 Å². The van der Waals surface area contributed by atoms with Crippen molar-refractivity contribution >= 4 is 22.9 Å². The predicted molar refractivity (Wildman–Crippen MR) is 125 cm³/mol. The van der Waals surface area contributed by atoms with Crippen LogP contribution in [0.25, 0.3) is 11.2 Å².